The van der Waals surface area contributed by atoms with Gasteiger partial charge in [-0.05, 0) is 31.1 Å². The molecule has 0 radical (unpaired) electrons. The molecule has 0 aliphatic rings. The lowest BCUT2D eigenvalue weighted by Gasteiger charge is -2.18. The second-order valence-electron chi connectivity index (χ2n) is 18.5. The molecule has 344 valence electrons. The Hall–Kier alpha value is -1.59. The van der Waals surface area contributed by atoms with Gasteiger partial charge in [0.15, 0.2) is 6.10 Å². The van der Waals surface area contributed by atoms with Crippen molar-refractivity contribution in [2.75, 3.05) is 13.2 Å². The van der Waals surface area contributed by atoms with Gasteiger partial charge in [0, 0.05) is 19.3 Å². The maximum absolute atomic E-state index is 12.8. The van der Waals surface area contributed by atoms with E-state index in [1.807, 2.05) is 0 Å². The summed E-state index contributed by atoms with van der Waals surface area (Å²) in [6.45, 7) is 11.4. The van der Waals surface area contributed by atoms with Crippen LogP contribution < -0.4 is 0 Å². The monoisotopic (exact) mass is 821 g/mol. The van der Waals surface area contributed by atoms with Crippen LogP contribution in [0.4, 0.5) is 0 Å². The maximum atomic E-state index is 12.8. The van der Waals surface area contributed by atoms with E-state index in [4.69, 9.17) is 14.2 Å². The summed E-state index contributed by atoms with van der Waals surface area (Å²) < 4.78 is 16.8. The third-order valence-electron chi connectivity index (χ3n) is 12.1. The maximum Gasteiger partial charge on any atom is 0.306 e. The van der Waals surface area contributed by atoms with Gasteiger partial charge < -0.3 is 14.2 Å². The molecule has 6 nitrogen and oxygen atoms in total. The summed E-state index contributed by atoms with van der Waals surface area (Å²) in [4.78, 5) is 37.9. The Kier molecular flexibility index (Phi) is 43.7. The number of ether oxygens (including phenoxy) is 3. The highest BCUT2D eigenvalue weighted by molar-refractivity contribution is 5.71. The molecule has 58 heavy (non-hydrogen) atoms. The summed E-state index contributed by atoms with van der Waals surface area (Å²) in [6.07, 6.45) is 45.1. The van der Waals surface area contributed by atoms with Crippen molar-refractivity contribution < 1.29 is 28.6 Å². The van der Waals surface area contributed by atoms with Crippen molar-refractivity contribution in [1.82, 2.24) is 0 Å². The normalized spacial score (nSPS) is 12.5. The summed E-state index contributed by atoms with van der Waals surface area (Å²) in [6, 6.07) is 0. The van der Waals surface area contributed by atoms with Gasteiger partial charge in [0.05, 0.1) is 0 Å². The van der Waals surface area contributed by atoms with Crippen molar-refractivity contribution in [2.45, 2.75) is 291 Å². The van der Waals surface area contributed by atoms with Crippen LogP contribution in [0.2, 0.25) is 0 Å². The second kappa shape index (κ2) is 44.9. The lowest BCUT2D eigenvalue weighted by Crippen LogP contribution is -2.30. The topological polar surface area (TPSA) is 78.9 Å². The van der Waals surface area contributed by atoms with Crippen molar-refractivity contribution in [3.8, 4) is 0 Å². The highest BCUT2D eigenvalue weighted by Crippen LogP contribution is 2.18. The van der Waals surface area contributed by atoms with Gasteiger partial charge in [-0.3, -0.25) is 14.4 Å². The number of hydrogen-bond donors (Lipinski definition) is 0. The Labute approximate surface area is 361 Å². The fraction of sp³-hybridized carbons (Fsp3) is 0.942. The minimum absolute atomic E-state index is 0.0639. The fourth-order valence-corrected chi connectivity index (χ4v) is 7.78. The summed E-state index contributed by atoms with van der Waals surface area (Å²) in [7, 11) is 0. The average Bonchev–Trinajstić information content (AvgIpc) is 3.21. The molecular weight excluding hydrogens is 721 g/mol. The first-order chi connectivity index (χ1) is 28.3. The molecule has 0 aromatic heterocycles. The summed E-state index contributed by atoms with van der Waals surface area (Å²) >= 11 is 0. The zero-order chi connectivity index (χ0) is 42.6. The number of carbonyl (C=O) groups is 3. The van der Waals surface area contributed by atoms with E-state index in [2.05, 4.69) is 34.6 Å². The number of hydrogen-bond acceptors (Lipinski definition) is 6. The minimum Gasteiger partial charge on any atom is -0.462 e. The van der Waals surface area contributed by atoms with Gasteiger partial charge in [-0.2, -0.15) is 0 Å². The van der Waals surface area contributed by atoms with Crippen LogP contribution >= 0.6 is 0 Å². The Morgan fingerprint density at radius 3 is 0.983 bits per heavy atom. The number of esters is 3. The van der Waals surface area contributed by atoms with Crippen LogP contribution in [0.25, 0.3) is 0 Å². The second-order valence-corrected chi connectivity index (χ2v) is 18.5. The van der Waals surface area contributed by atoms with Crippen LogP contribution in [0.15, 0.2) is 0 Å². The number of unbranched alkanes of at least 4 members (excludes halogenated alkanes) is 30. The molecule has 0 N–H and O–H groups in total. The Morgan fingerprint density at radius 2 is 0.655 bits per heavy atom. The third kappa shape index (κ3) is 44.0. The van der Waals surface area contributed by atoms with E-state index in [1.165, 1.54) is 173 Å². The van der Waals surface area contributed by atoms with Crippen molar-refractivity contribution in [2.24, 2.45) is 11.8 Å². The molecule has 0 aromatic carbocycles. The van der Waals surface area contributed by atoms with E-state index >= 15 is 0 Å². The molecule has 0 saturated heterocycles. The third-order valence-corrected chi connectivity index (χ3v) is 12.1. The van der Waals surface area contributed by atoms with Crippen LogP contribution in [0.3, 0.4) is 0 Å². The number of carbonyl (C=O) groups excluding carboxylic acids is 3. The molecule has 1 unspecified atom stereocenters. The Bertz CT molecular complexity index is 887. The van der Waals surface area contributed by atoms with Gasteiger partial charge in [0.1, 0.15) is 13.2 Å². The molecule has 0 heterocycles. The largest absolute Gasteiger partial charge is 0.462 e. The molecule has 0 rings (SSSR count). The van der Waals surface area contributed by atoms with Crippen LogP contribution in [-0.2, 0) is 28.6 Å². The Balaban J connectivity index is 4.32. The van der Waals surface area contributed by atoms with E-state index in [0.29, 0.717) is 19.3 Å². The lowest BCUT2D eigenvalue weighted by atomic mass is 9.99. The molecule has 0 bridgehead atoms. The minimum atomic E-state index is -0.761. The van der Waals surface area contributed by atoms with Crippen LogP contribution in [0.5, 0.6) is 0 Å². The summed E-state index contributed by atoms with van der Waals surface area (Å²) in [5.41, 5.74) is 0. The van der Waals surface area contributed by atoms with Crippen molar-refractivity contribution in [1.29, 1.82) is 0 Å². The quantitative estimate of drug-likeness (QED) is 0.0346. The number of rotatable bonds is 46. The van der Waals surface area contributed by atoms with Gasteiger partial charge in [0.25, 0.3) is 0 Å². The first kappa shape index (κ1) is 56.4. The predicted octanol–water partition coefficient (Wildman–Crippen LogP) is 16.5. The molecule has 0 spiro atoms. The highest BCUT2D eigenvalue weighted by atomic mass is 16.6. The summed E-state index contributed by atoms with van der Waals surface area (Å²) in [5, 5.41) is 0. The van der Waals surface area contributed by atoms with E-state index in [0.717, 1.165) is 69.6 Å². The first-order valence-corrected chi connectivity index (χ1v) is 25.8. The van der Waals surface area contributed by atoms with E-state index in [9.17, 15) is 14.4 Å². The molecule has 0 aliphatic carbocycles. The van der Waals surface area contributed by atoms with E-state index in [1.54, 1.807) is 0 Å². The predicted molar refractivity (Wildman–Crippen MR) is 247 cm³/mol. The molecule has 2 atom stereocenters. The average molecular weight is 821 g/mol. The van der Waals surface area contributed by atoms with Crippen molar-refractivity contribution in [3.63, 3.8) is 0 Å². The molecule has 0 amide bonds. The zero-order valence-electron chi connectivity index (χ0n) is 39.7. The highest BCUT2D eigenvalue weighted by Gasteiger charge is 2.19. The summed E-state index contributed by atoms with van der Waals surface area (Å²) in [5.74, 6) is 0.832. The lowest BCUT2D eigenvalue weighted by molar-refractivity contribution is -0.167. The van der Waals surface area contributed by atoms with Gasteiger partial charge >= 0.3 is 17.9 Å². The van der Waals surface area contributed by atoms with Gasteiger partial charge in [-0.25, -0.2) is 0 Å². The first-order valence-electron chi connectivity index (χ1n) is 25.8. The van der Waals surface area contributed by atoms with Crippen LogP contribution in [0, 0.1) is 11.8 Å². The van der Waals surface area contributed by atoms with Crippen LogP contribution in [-0.4, -0.2) is 37.2 Å². The molecular formula is C52H100O6. The van der Waals surface area contributed by atoms with Crippen molar-refractivity contribution in [3.05, 3.63) is 0 Å². The molecule has 0 aliphatic heterocycles. The standard InChI is InChI=1S/C52H100O6/c1-6-8-9-10-11-12-13-14-19-22-29-34-39-44-52(55)58-49(46-57-51(54)43-38-33-28-24-23-26-31-36-41-48(5)7-2)45-56-50(53)42-37-32-27-21-18-16-15-17-20-25-30-35-40-47(3)4/h47-49H,6-46H2,1-5H3/t48?,49-/m1/s1. The van der Waals surface area contributed by atoms with E-state index in [-0.39, 0.29) is 31.1 Å². The van der Waals surface area contributed by atoms with Gasteiger partial charge in [0.2, 0.25) is 0 Å². The van der Waals surface area contributed by atoms with Crippen molar-refractivity contribution >= 4 is 17.9 Å². The molecule has 0 fully saturated rings. The van der Waals surface area contributed by atoms with Crippen LogP contribution in [0.1, 0.15) is 285 Å². The fourth-order valence-electron chi connectivity index (χ4n) is 7.78. The zero-order valence-corrected chi connectivity index (χ0v) is 39.7. The Morgan fingerprint density at radius 1 is 0.362 bits per heavy atom. The van der Waals surface area contributed by atoms with Gasteiger partial charge in [-0.1, -0.05) is 247 Å². The molecule has 0 aromatic rings. The van der Waals surface area contributed by atoms with Gasteiger partial charge in [-0.15, -0.1) is 0 Å². The van der Waals surface area contributed by atoms with E-state index < -0.39 is 6.10 Å². The SMILES string of the molecule is CCCCCCCCCCCCCCCC(=O)O[C@H](COC(=O)CCCCCCCCCCCCCCC(C)C)COC(=O)CCCCCCCCCCC(C)CC. The molecule has 0 saturated carbocycles. The smallest absolute Gasteiger partial charge is 0.306 e. The molecule has 6 heteroatoms.